The number of morpholine rings is 1. The fourth-order valence-corrected chi connectivity index (χ4v) is 1.27. The number of esters is 1. The zero-order chi connectivity index (χ0) is 8.81. The van der Waals surface area contributed by atoms with Gasteiger partial charge < -0.3 is 14.8 Å². The maximum Gasteiger partial charge on any atom is 0.311 e. The van der Waals surface area contributed by atoms with E-state index in [1.807, 2.05) is 6.92 Å². The first kappa shape index (κ1) is 9.48. The molecule has 0 saturated carbocycles. The Morgan fingerprint density at radius 3 is 3.17 bits per heavy atom. The molecule has 2 N–H and O–H groups in total. The van der Waals surface area contributed by atoms with Gasteiger partial charge in [-0.2, -0.15) is 0 Å². The molecular formula is C8H16NO3+. The lowest BCUT2D eigenvalue weighted by atomic mass is 10.2. The van der Waals surface area contributed by atoms with Gasteiger partial charge in [-0.15, -0.1) is 0 Å². The van der Waals surface area contributed by atoms with Crippen molar-refractivity contribution >= 4 is 5.97 Å². The molecule has 1 aliphatic rings. The van der Waals surface area contributed by atoms with Gasteiger partial charge in [0, 0.05) is 0 Å². The summed E-state index contributed by atoms with van der Waals surface area (Å²) in [5.74, 6) is -0.121. The van der Waals surface area contributed by atoms with Crippen LogP contribution in [-0.2, 0) is 14.3 Å². The van der Waals surface area contributed by atoms with Gasteiger partial charge in [0.25, 0.3) is 0 Å². The highest BCUT2D eigenvalue weighted by atomic mass is 16.5. The lowest BCUT2D eigenvalue weighted by Crippen LogP contribution is -2.93. The van der Waals surface area contributed by atoms with Crippen LogP contribution in [0.4, 0.5) is 0 Å². The normalized spacial score (nSPS) is 23.6. The maximum absolute atomic E-state index is 11.0. The number of quaternary nitrogens is 1. The van der Waals surface area contributed by atoms with E-state index in [-0.39, 0.29) is 12.0 Å². The molecule has 4 heteroatoms. The number of hydrogen-bond donors (Lipinski definition) is 1. The molecule has 0 aromatic carbocycles. The van der Waals surface area contributed by atoms with Gasteiger partial charge in [0.15, 0.2) is 0 Å². The Balaban J connectivity index is 2.15. The zero-order valence-corrected chi connectivity index (χ0v) is 7.41. The number of carbonyl (C=O) groups is 1. The lowest BCUT2D eigenvalue weighted by Gasteiger charge is -2.19. The van der Waals surface area contributed by atoms with Crippen LogP contribution in [0.25, 0.3) is 0 Å². The van der Waals surface area contributed by atoms with Crippen LogP contribution in [0.5, 0.6) is 0 Å². The SMILES string of the molecule is CCOC(=O)CC1COCC[NH2+]1. The second kappa shape index (κ2) is 5.11. The molecule has 0 amide bonds. The molecule has 0 aliphatic carbocycles. The Kier molecular flexibility index (Phi) is 4.04. The van der Waals surface area contributed by atoms with Crippen molar-refractivity contribution in [2.75, 3.05) is 26.4 Å². The summed E-state index contributed by atoms with van der Waals surface area (Å²) in [5.41, 5.74) is 0. The second-order valence-electron chi connectivity index (χ2n) is 2.87. The highest BCUT2D eigenvalue weighted by molar-refractivity contribution is 5.69. The second-order valence-corrected chi connectivity index (χ2v) is 2.87. The molecule has 1 aliphatic heterocycles. The molecule has 12 heavy (non-hydrogen) atoms. The molecule has 4 nitrogen and oxygen atoms in total. The van der Waals surface area contributed by atoms with Gasteiger partial charge in [-0.05, 0) is 6.92 Å². The minimum absolute atomic E-state index is 0.121. The number of carbonyl (C=O) groups excluding carboxylic acids is 1. The van der Waals surface area contributed by atoms with Gasteiger partial charge in [-0.25, -0.2) is 0 Å². The van der Waals surface area contributed by atoms with Crippen molar-refractivity contribution in [3.8, 4) is 0 Å². The predicted molar refractivity (Wildman–Crippen MR) is 42.6 cm³/mol. The third-order valence-electron chi connectivity index (χ3n) is 1.83. The molecule has 1 unspecified atom stereocenters. The molecule has 1 fully saturated rings. The first-order valence-electron chi connectivity index (χ1n) is 4.39. The van der Waals surface area contributed by atoms with Crippen molar-refractivity contribution in [2.24, 2.45) is 0 Å². The van der Waals surface area contributed by atoms with Gasteiger partial charge in [0.2, 0.25) is 0 Å². The molecule has 0 aromatic rings. The first-order chi connectivity index (χ1) is 5.83. The average Bonchev–Trinajstić information content (AvgIpc) is 2.06. The molecule has 0 radical (unpaired) electrons. The molecule has 0 spiro atoms. The molecular weight excluding hydrogens is 158 g/mol. The fourth-order valence-electron chi connectivity index (χ4n) is 1.27. The van der Waals surface area contributed by atoms with Crippen molar-refractivity contribution in [3.63, 3.8) is 0 Å². The summed E-state index contributed by atoms with van der Waals surface area (Å²) in [5, 5.41) is 2.14. The smallest absolute Gasteiger partial charge is 0.311 e. The van der Waals surface area contributed by atoms with Crippen LogP contribution in [0, 0.1) is 0 Å². The fraction of sp³-hybridized carbons (Fsp3) is 0.875. The van der Waals surface area contributed by atoms with Crippen LogP contribution < -0.4 is 5.32 Å². The zero-order valence-electron chi connectivity index (χ0n) is 7.41. The van der Waals surface area contributed by atoms with Crippen LogP contribution in [0.1, 0.15) is 13.3 Å². The van der Waals surface area contributed by atoms with E-state index in [9.17, 15) is 4.79 Å². The third-order valence-corrected chi connectivity index (χ3v) is 1.83. The van der Waals surface area contributed by atoms with Crippen LogP contribution in [-0.4, -0.2) is 38.4 Å². The molecule has 0 bridgehead atoms. The average molecular weight is 174 g/mol. The summed E-state index contributed by atoms with van der Waals surface area (Å²) in [6, 6.07) is 0.262. The largest absolute Gasteiger partial charge is 0.466 e. The van der Waals surface area contributed by atoms with E-state index < -0.39 is 0 Å². The van der Waals surface area contributed by atoms with Crippen molar-refractivity contribution < 1.29 is 19.6 Å². The molecule has 0 aromatic heterocycles. The van der Waals surface area contributed by atoms with Crippen molar-refractivity contribution in [3.05, 3.63) is 0 Å². The van der Waals surface area contributed by atoms with E-state index in [0.29, 0.717) is 19.6 Å². The minimum atomic E-state index is -0.121. The number of hydrogen-bond acceptors (Lipinski definition) is 3. The van der Waals surface area contributed by atoms with E-state index in [1.54, 1.807) is 0 Å². The molecule has 70 valence electrons. The van der Waals surface area contributed by atoms with Crippen molar-refractivity contribution in [1.29, 1.82) is 0 Å². The summed E-state index contributed by atoms with van der Waals surface area (Å²) in [7, 11) is 0. The minimum Gasteiger partial charge on any atom is -0.466 e. The van der Waals surface area contributed by atoms with Gasteiger partial charge in [0.05, 0.1) is 32.8 Å². The molecule has 1 rings (SSSR count). The number of ether oxygens (including phenoxy) is 2. The van der Waals surface area contributed by atoms with E-state index >= 15 is 0 Å². The van der Waals surface area contributed by atoms with Crippen LogP contribution >= 0.6 is 0 Å². The highest BCUT2D eigenvalue weighted by Crippen LogP contribution is 1.94. The summed E-state index contributed by atoms with van der Waals surface area (Å²) in [4.78, 5) is 11.0. The van der Waals surface area contributed by atoms with E-state index in [0.717, 1.165) is 13.2 Å². The van der Waals surface area contributed by atoms with Gasteiger partial charge in [-0.3, -0.25) is 4.79 Å². The Morgan fingerprint density at radius 1 is 1.75 bits per heavy atom. The number of nitrogens with two attached hydrogens (primary N) is 1. The Labute approximate surface area is 72.2 Å². The van der Waals surface area contributed by atoms with E-state index in [2.05, 4.69) is 5.32 Å². The Bertz CT molecular complexity index is 143. The van der Waals surface area contributed by atoms with Crippen LogP contribution in [0.2, 0.25) is 0 Å². The standard InChI is InChI=1S/C8H15NO3/c1-2-12-8(10)5-7-6-11-4-3-9-7/h7,9H,2-6H2,1H3/p+1. The van der Waals surface area contributed by atoms with Gasteiger partial charge in [0.1, 0.15) is 6.04 Å². The van der Waals surface area contributed by atoms with E-state index in [4.69, 9.17) is 9.47 Å². The first-order valence-corrected chi connectivity index (χ1v) is 4.39. The summed E-state index contributed by atoms with van der Waals surface area (Å²) in [6.45, 7) is 4.69. The van der Waals surface area contributed by atoms with E-state index in [1.165, 1.54) is 0 Å². The molecule has 1 saturated heterocycles. The Hall–Kier alpha value is -0.610. The molecule has 1 heterocycles. The predicted octanol–water partition coefficient (Wildman–Crippen LogP) is -1.10. The van der Waals surface area contributed by atoms with Crippen LogP contribution in [0.3, 0.4) is 0 Å². The summed E-state index contributed by atoms with van der Waals surface area (Å²) >= 11 is 0. The monoisotopic (exact) mass is 174 g/mol. The highest BCUT2D eigenvalue weighted by Gasteiger charge is 2.20. The van der Waals surface area contributed by atoms with Crippen molar-refractivity contribution in [2.45, 2.75) is 19.4 Å². The van der Waals surface area contributed by atoms with Crippen LogP contribution in [0.15, 0.2) is 0 Å². The molecule has 1 atom stereocenters. The summed E-state index contributed by atoms with van der Waals surface area (Å²) < 4.78 is 10.1. The third kappa shape index (κ3) is 3.19. The number of rotatable bonds is 3. The van der Waals surface area contributed by atoms with Gasteiger partial charge in [-0.1, -0.05) is 0 Å². The Morgan fingerprint density at radius 2 is 2.58 bits per heavy atom. The van der Waals surface area contributed by atoms with Gasteiger partial charge >= 0.3 is 5.97 Å². The van der Waals surface area contributed by atoms with Crippen molar-refractivity contribution in [1.82, 2.24) is 0 Å². The quantitative estimate of drug-likeness (QED) is 0.553. The maximum atomic E-state index is 11.0. The topological polar surface area (TPSA) is 52.1 Å². The summed E-state index contributed by atoms with van der Waals surface area (Å²) in [6.07, 6.45) is 0.466. The lowest BCUT2D eigenvalue weighted by molar-refractivity contribution is -0.704.